The molecule has 5 rings (SSSR count). The highest BCUT2D eigenvalue weighted by Crippen LogP contribution is 2.45. The number of amides is 1. The minimum Gasteiger partial charge on any atom is -0.461 e. The Bertz CT molecular complexity index is 1280. The normalized spacial score (nSPS) is 21.1. The monoisotopic (exact) mass is 549 g/mol. The van der Waals surface area contributed by atoms with E-state index in [2.05, 4.69) is 0 Å². The Morgan fingerprint density at radius 1 is 0.800 bits per heavy atom. The van der Waals surface area contributed by atoms with Gasteiger partial charge in [-0.25, -0.2) is 13.6 Å². The fourth-order valence-electron chi connectivity index (χ4n) is 5.83. The molecule has 1 amide bonds. The summed E-state index contributed by atoms with van der Waals surface area (Å²) in [7, 11) is 0. The Labute approximate surface area is 232 Å². The van der Waals surface area contributed by atoms with Crippen LogP contribution in [0.15, 0.2) is 78.9 Å². The molecule has 6 nitrogen and oxygen atoms in total. The van der Waals surface area contributed by atoms with Crippen molar-refractivity contribution in [1.29, 1.82) is 0 Å². The van der Waals surface area contributed by atoms with Crippen molar-refractivity contribution in [3.63, 3.8) is 0 Å². The number of esters is 1. The molecule has 3 aromatic carbocycles. The minimum absolute atomic E-state index is 0.0856. The van der Waals surface area contributed by atoms with Gasteiger partial charge in [0.2, 0.25) is 0 Å². The number of nitrogens with zero attached hydrogens (tertiary/aromatic N) is 1. The Hall–Kier alpha value is -3.78. The Kier molecular flexibility index (Phi) is 9.06. The maximum atomic E-state index is 15.0. The second-order valence-corrected chi connectivity index (χ2v) is 10.4. The molecule has 0 bridgehead atoms. The Morgan fingerprint density at radius 2 is 1.43 bits per heavy atom. The maximum absolute atomic E-state index is 15.0. The van der Waals surface area contributed by atoms with Crippen molar-refractivity contribution in [3.8, 4) is 0 Å². The number of halogens is 2. The second-order valence-electron chi connectivity index (χ2n) is 10.4. The molecule has 210 valence electrons. The Balaban J connectivity index is 1.39. The molecule has 1 saturated heterocycles. The van der Waals surface area contributed by atoms with Gasteiger partial charge in [-0.05, 0) is 48.4 Å². The topological polar surface area (TPSA) is 65.1 Å². The molecule has 0 aromatic heterocycles. The highest BCUT2D eigenvalue weighted by Gasteiger charge is 2.47. The zero-order valence-electron chi connectivity index (χ0n) is 22.2. The van der Waals surface area contributed by atoms with Crippen LogP contribution in [0, 0.1) is 17.6 Å². The van der Waals surface area contributed by atoms with Gasteiger partial charge in [0.05, 0.1) is 5.92 Å². The number of hydrogen-bond donors (Lipinski definition) is 0. The first-order chi connectivity index (χ1) is 19.5. The predicted molar refractivity (Wildman–Crippen MR) is 144 cm³/mol. The highest BCUT2D eigenvalue weighted by molar-refractivity contribution is 5.75. The largest absolute Gasteiger partial charge is 0.461 e. The van der Waals surface area contributed by atoms with Gasteiger partial charge in [0.15, 0.2) is 0 Å². The quantitative estimate of drug-likeness (QED) is 0.305. The molecule has 40 heavy (non-hydrogen) atoms. The molecule has 2 aliphatic rings. The fraction of sp³-hybridized carbons (Fsp3) is 0.375. The molecule has 0 unspecified atom stereocenters. The zero-order valence-corrected chi connectivity index (χ0v) is 22.2. The summed E-state index contributed by atoms with van der Waals surface area (Å²) in [6, 6.07) is 21.6. The lowest BCUT2D eigenvalue weighted by molar-refractivity contribution is -0.150. The van der Waals surface area contributed by atoms with E-state index in [0.717, 1.165) is 17.2 Å². The van der Waals surface area contributed by atoms with Gasteiger partial charge in [0.1, 0.15) is 24.8 Å². The van der Waals surface area contributed by atoms with E-state index in [4.69, 9.17) is 14.2 Å². The van der Waals surface area contributed by atoms with Crippen molar-refractivity contribution >= 4 is 12.1 Å². The third-order valence-electron chi connectivity index (χ3n) is 7.82. The van der Waals surface area contributed by atoms with Gasteiger partial charge in [0, 0.05) is 37.3 Å². The molecule has 0 spiro atoms. The molecule has 0 N–H and O–H groups in total. The van der Waals surface area contributed by atoms with Crippen LogP contribution in [0.25, 0.3) is 0 Å². The fourth-order valence-corrected chi connectivity index (χ4v) is 5.83. The average Bonchev–Trinajstić information content (AvgIpc) is 3.41. The van der Waals surface area contributed by atoms with Crippen LogP contribution in [0.3, 0.4) is 0 Å². The molecule has 1 saturated carbocycles. The summed E-state index contributed by atoms with van der Waals surface area (Å²) in [5, 5.41) is 0. The van der Waals surface area contributed by atoms with E-state index in [9.17, 15) is 14.0 Å². The van der Waals surface area contributed by atoms with Crippen molar-refractivity contribution in [2.45, 2.75) is 56.9 Å². The number of hydrogen-bond acceptors (Lipinski definition) is 5. The summed E-state index contributed by atoms with van der Waals surface area (Å²) in [5.74, 6) is -3.16. The summed E-state index contributed by atoms with van der Waals surface area (Å²) in [5.41, 5.74) is 1.95. The third kappa shape index (κ3) is 6.67. The van der Waals surface area contributed by atoms with Crippen LogP contribution in [0.1, 0.15) is 48.3 Å². The van der Waals surface area contributed by atoms with Crippen LogP contribution in [0.4, 0.5) is 13.6 Å². The van der Waals surface area contributed by atoms with Gasteiger partial charge < -0.3 is 19.1 Å². The van der Waals surface area contributed by atoms with Crippen molar-refractivity contribution in [2.24, 2.45) is 5.92 Å². The standard InChI is InChI=1S/C32H33F2NO5/c33-24-11-12-27(30(34)17-24)28-18-26(19-29(28)31(36)39-20-22-7-3-1-4-8-22)35(25-13-15-38-16-14-25)32(37)40-21-23-9-5-2-6-10-23/h1-12,17,25-26,28-29H,13-16,18-21H2/t26-,28-,29+/m0/s1. The number of benzene rings is 3. The number of carbonyl (C=O) groups is 2. The van der Waals surface area contributed by atoms with Crippen molar-refractivity contribution in [2.75, 3.05) is 13.2 Å². The van der Waals surface area contributed by atoms with E-state index in [1.54, 1.807) is 4.90 Å². The summed E-state index contributed by atoms with van der Waals surface area (Å²) < 4.78 is 45.7. The lowest BCUT2D eigenvalue weighted by Crippen LogP contribution is -2.49. The van der Waals surface area contributed by atoms with E-state index in [1.165, 1.54) is 12.1 Å². The maximum Gasteiger partial charge on any atom is 0.410 e. The van der Waals surface area contributed by atoms with Crippen molar-refractivity contribution in [3.05, 3.63) is 107 Å². The summed E-state index contributed by atoms with van der Waals surface area (Å²) in [6.45, 7) is 1.23. The van der Waals surface area contributed by atoms with Gasteiger partial charge in [-0.3, -0.25) is 4.79 Å². The van der Waals surface area contributed by atoms with Gasteiger partial charge in [-0.1, -0.05) is 66.7 Å². The first kappa shape index (κ1) is 27.8. The average molecular weight is 550 g/mol. The molecule has 3 atom stereocenters. The minimum atomic E-state index is -0.712. The number of rotatable bonds is 8. The lowest BCUT2D eigenvalue weighted by Gasteiger charge is -2.37. The summed E-state index contributed by atoms with van der Waals surface area (Å²) in [4.78, 5) is 28.7. The summed E-state index contributed by atoms with van der Waals surface area (Å²) in [6.07, 6.45) is 1.40. The molecular formula is C32H33F2NO5. The van der Waals surface area contributed by atoms with Crippen LogP contribution in [0.5, 0.6) is 0 Å². The van der Waals surface area contributed by atoms with Gasteiger partial charge >= 0.3 is 12.1 Å². The van der Waals surface area contributed by atoms with Crippen LogP contribution >= 0.6 is 0 Å². The number of carbonyl (C=O) groups excluding carboxylic acids is 2. The zero-order chi connectivity index (χ0) is 27.9. The van der Waals surface area contributed by atoms with Gasteiger partial charge in [-0.15, -0.1) is 0 Å². The smallest absolute Gasteiger partial charge is 0.410 e. The van der Waals surface area contributed by atoms with Crippen molar-refractivity contribution < 1.29 is 32.6 Å². The van der Waals surface area contributed by atoms with Crippen molar-refractivity contribution in [1.82, 2.24) is 4.90 Å². The SMILES string of the molecule is O=C(OCc1ccccc1)[C@@H]1C[C@@H](N(C(=O)OCc2ccccc2)C2CCOCC2)C[C@H]1c1ccc(F)cc1F. The predicted octanol–water partition coefficient (Wildman–Crippen LogP) is 6.39. The summed E-state index contributed by atoms with van der Waals surface area (Å²) >= 11 is 0. The van der Waals surface area contributed by atoms with E-state index >= 15 is 4.39 Å². The second kappa shape index (κ2) is 13.0. The molecule has 1 aliphatic heterocycles. The van der Waals surface area contributed by atoms with E-state index in [0.29, 0.717) is 32.5 Å². The van der Waals surface area contributed by atoms with Gasteiger partial charge in [-0.2, -0.15) is 0 Å². The molecule has 2 fully saturated rings. The third-order valence-corrected chi connectivity index (χ3v) is 7.82. The molecule has 1 heterocycles. The molecule has 3 aromatic rings. The van der Waals surface area contributed by atoms with Crippen LogP contribution in [-0.2, 0) is 32.2 Å². The van der Waals surface area contributed by atoms with Crippen LogP contribution < -0.4 is 0 Å². The van der Waals surface area contributed by atoms with E-state index in [1.807, 2.05) is 60.7 Å². The first-order valence-corrected chi connectivity index (χ1v) is 13.7. The van der Waals surface area contributed by atoms with Crippen LogP contribution in [0.2, 0.25) is 0 Å². The van der Waals surface area contributed by atoms with E-state index < -0.39 is 41.6 Å². The van der Waals surface area contributed by atoms with Crippen LogP contribution in [-0.4, -0.2) is 42.3 Å². The highest BCUT2D eigenvalue weighted by atomic mass is 19.1. The van der Waals surface area contributed by atoms with Gasteiger partial charge in [0.25, 0.3) is 0 Å². The molecular weight excluding hydrogens is 516 g/mol. The van der Waals surface area contributed by atoms with E-state index in [-0.39, 0.29) is 31.2 Å². The molecule has 8 heteroatoms. The molecule has 1 aliphatic carbocycles. The molecule has 0 radical (unpaired) electrons. The lowest BCUT2D eigenvalue weighted by atomic mass is 9.88. The first-order valence-electron chi connectivity index (χ1n) is 13.7. The number of ether oxygens (including phenoxy) is 3. The Morgan fingerprint density at radius 3 is 2.05 bits per heavy atom.